The number of rotatable bonds is 3. The molecule has 0 fully saturated rings. The number of hydrogen-bond acceptors (Lipinski definition) is 0. The molecule has 0 spiro atoms. The molecule has 0 aromatic carbocycles. The second-order valence-electron chi connectivity index (χ2n) is 1.51. The highest BCUT2D eigenvalue weighted by molar-refractivity contribution is 14.1. The van der Waals surface area contributed by atoms with E-state index >= 15 is 0 Å². The van der Waals surface area contributed by atoms with Gasteiger partial charge in [0.1, 0.15) is 6.67 Å². The lowest BCUT2D eigenvalue weighted by molar-refractivity contribution is 0.559. The topological polar surface area (TPSA) is 0 Å². The summed E-state index contributed by atoms with van der Waals surface area (Å²) in [6.45, 7) is 3.09. The van der Waals surface area contributed by atoms with Gasteiger partial charge in [0.15, 0.2) is 0 Å². The summed E-state index contributed by atoms with van der Waals surface area (Å²) in [5.74, 6) is 0. The Morgan fingerprint density at radius 1 is 1.70 bits per heavy atom. The third kappa shape index (κ3) is 5.17. The minimum absolute atomic E-state index is 0.416. The fourth-order valence-electron chi connectivity index (χ4n) is 0.349. The molecule has 0 unspecified atom stereocenters. The van der Waals surface area contributed by atoms with Gasteiger partial charge in [-0.15, -0.1) is 0 Å². The van der Waals surface area contributed by atoms with Crippen LogP contribution in [0.4, 0.5) is 4.39 Å². The van der Waals surface area contributed by atoms with E-state index in [1.54, 1.807) is 18.2 Å². The van der Waals surface area contributed by atoms with Crippen LogP contribution in [0.2, 0.25) is 0 Å². The maximum atomic E-state index is 11.8. The van der Waals surface area contributed by atoms with Crippen molar-refractivity contribution in [3.8, 4) is 0 Å². The van der Waals surface area contributed by atoms with Crippen molar-refractivity contribution in [1.82, 2.24) is 0 Å². The molecule has 0 bridgehead atoms. The third-order valence-corrected chi connectivity index (χ3v) is 1.79. The van der Waals surface area contributed by atoms with Crippen LogP contribution in [0.3, 0.4) is 0 Å². The molecule has 0 N–H and O–H groups in total. The van der Waals surface area contributed by atoms with Crippen LogP contribution in [0.5, 0.6) is 0 Å². The molecule has 0 aromatic rings. The highest BCUT2D eigenvalue weighted by Crippen LogP contribution is 2.14. The summed E-state index contributed by atoms with van der Waals surface area (Å²) in [5, 5.41) is 0. The first kappa shape index (κ1) is 10.4. The van der Waals surface area contributed by atoms with Gasteiger partial charge < -0.3 is 0 Å². The van der Waals surface area contributed by atoms with Crippen molar-refractivity contribution in [3.05, 3.63) is 32.9 Å². The van der Waals surface area contributed by atoms with Crippen LogP contribution in [0.1, 0.15) is 0 Å². The lowest BCUT2D eigenvalue weighted by atomic mass is 10.4. The molecule has 0 aliphatic rings. The van der Waals surface area contributed by atoms with Gasteiger partial charge in [0.05, 0.1) is 0 Å². The molecule has 0 saturated heterocycles. The summed E-state index contributed by atoms with van der Waals surface area (Å²) in [7, 11) is 0. The van der Waals surface area contributed by atoms with Crippen molar-refractivity contribution >= 4 is 38.5 Å². The van der Waals surface area contributed by atoms with E-state index in [0.717, 1.165) is 4.48 Å². The molecular formula is C7H7BrFI. The van der Waals surface area contributed by atoms with E-state index in [4.69, 9.17) is 0 Å². The van der Waals surface area contributed by atoms with Crippen molar-refractivity contribution in [2.24, 2.45) is 0 Å². The van der Waals surface area contributed by atoms with Gasteiger partial charge in [0.25, 0.3) is 0 Å². The Kier molecular flexibility index (Phi) is 6.31. The first-order chi connectivity index (χ1) is 4.70. The maximum Gasteiger partial charge on any atom is 0.120 e. The van der Waals surface area contributed by atoms with Crippen molar-refractivity contribution in [2.45, 2.75) is 0 Å². The van der Waals surface area contributed by atoms with Gasteiger partial charge >= 0.3 is 0 Å². The van der Waals surface area contributed by atoms with Gasteiger partial charge in [-0.2, -0.15) is 0 Å². The zero-order chi connectivity index (χ0) is 7.98. The maximum absolute atomic E-state index is 11.8. The SMILES string of the molecule is C=C/C=C(Br)\C=C(\I)CF. The van der Waals surface area contributed by atoms with Gasteiger partial charge in [0.2, 0.25) is 0 Å². The first-order valence-electron chi connectivity index (χ1n) is 2.61. The molecule has 0 aliphatic heterocycles. The quantitative estimate of drug-likeness (QED) is 0.549. The highest BCUT2D eigenvalue weighted by atomic mass is 127. The van der Waals surface area contributed by atoms with Gasteiger partial charge in [0, 0.05) is 8.06 Å². The zero-order valence-corrected chi connectivity index (χ0v) is 9.02. The first-order valence-corrected chi connectivity index (χ1v) is 4.48. The molecule has 3 heteroatoms. The fourth-order valence-corrected chi connectivity index (χ4v) is 1.58. The Bertz CT molecular complexity index is 172. The van der Waals surface area contributed by atoms with Crippen molar-refractivity contribution in [3.63, 3.8) is 0 Å². The van der Waals surface area contributed by atoms with Crippen LogP contribution < -0.4 is 0 Å². The smallest absolute Gasteiger partial charge is 0.120 e. The molecule has 0 radical (unpaired) electrons. The number of hydrogen-bond donors (Lipinski definition) is 0. The summed E-state index contributed by atoms with van der Waals surface area (Å²) < 4.78 is 13.3. The van der Waals surface area contributed by atoms with Crippen LogP contribution in [0.15, 0.2) is 32.9 Å². The second kappa shape index (κ2) is 6.09. The van der Waals surface area contributed by atoms with Crippen LogP contribution >= 0.6 is 38.5 Å². The number of halogens is 3. The van der Waals surface area contributed by atoms with Crippen molar-refractivity contribution in [2.75, 3.05) is 6.67 Å². The van der Waals surface area contributed by atoms with Gasteiger partial charge in [-0.3, -0.25) is 0 Å². The molecule has 0 amide bonds. The van der Waals surface area contributed by atoms with E-state index in [1.807, 2.05) is 22.6 Å². The van der Waals surface area contributed by atoms with Crippen molar-refractivity contribution in [1.29, 1.82) is 0 Å². The summed E-state index contributed by atoms with van der Waals surface area (Å²) in [6.07, 6.45) is 5.11. The molecule has 0 rings (SSSR count). The molecule has 0 heterocycles. The van der Waals surface area contributed by atoms with E-state index in [-0.39, 0.29) is 0 Å². The van der Waals surface area contributed by atoms with E-state index in [1.165, 1.54) is 0 Å². The Hall–Kier alpha value is 0.360. The number of allylic oxidation sites excluding steroid dienone is 5. The summed E-state index contributed by atoms with van der Waals surface area (Å²) >= 11 is 5.16. The molecule has 56 valence electrons. The largest absolute Gasteiger partial charge is 0.245 e. The van der Waals surface area contributed by atoms with Gasteiger partial charge in [-0.05, 0) is 34.7 Å². The average molecular weight is 317 g/mol. The third-order valence-electron chi connectivity index (χ3n) is 0.699. The highest BCUT2D eigenvalue weighted by Gasteiger charge is 1.89. The van der Waals surface area contributed by atoms with E-state index in [9.17, 15) is 4.39 Å². The average Bonchev–Trinajstić information content (AvgIpc) is 1.88. The number of alkyl halides is 1. The minimum atomic E-state index is -0.416. The normalized spacial score (nSPS) is 13.5. The minimum Gasteiger partial charge on any atom is -0.245 e. The van der Waals surface area contributed by atoms with Crippen LogP contribution in [0, 0.1) is 0 Å². The van der Waals surface area contributed by atoms with Crippen LogP contribution in [-0.4, -0.2) is 6.67 Å². The Morgan fingerprint density at radius 3 is 2.70 bits per heavy atom. The fraction of sp³-hybridized carbons (Fsp3) is 0.143. The Labute approximate surface area is 82.2 Å². The monoisotopic (exact) mass is 316 g/mol. The summed E-state index contributed by atoms with van der Waals surface area (Å²) in [4.78, 5) is 0. The standard InChI is InChI=1S/C7H7BrFI/c1-2-3-6(8)4-7(10)5-9/h2-4H,1,5H2/b6-3+,7-4+. The molecule has 0 aliphatic carbocycles. The zero-order valence-electron chi connectivity index (χ0n) is 5.28. The van der Waals surface area contributed by atoms with Crippen LogP contribution in [-0.2, 0) is 0 Å². The lowest BCUT2D eigenvalue weighted by Gasteiger charge is -1.88. The molecule has 0 saturated carbocycles. The van der Waals surface area contributed by atoms with E-state index < -0.39 is 6.67 Å². The summed E-state index contributed by atoms with van der Waals surface area (Å²) in [6, 6.07) is 0. The van der Waals surface area contributed by atoms with Crippen LogP contribution in [0.25, 0.3) is 0 Å². The van der Waals surface area contributed by atoms with Gasteiger partial charge in [-0.25, -0.2) is 4.39 Å². The van der Waals surface area contributed by atoms with Crippen molar-refractivity contribution < 1.29 is 4.39 Å². The molecule has 0 aromatic heterocycles. The molecule has 10 heavy (non-hydrogen) atoms. The van der Waals surface area contributed by atoms with E-state index in [0.29, 0.717) is 3.58 Å². The van der Waals surface area contributed by atoms with E-state index in [2.05, 4.69) is 22.5 Å². The predicted molar refractivity (Wildman–Crippen MR) is 55.3 cm³/mol. The second-order valence-corrected chi connectivity index (χ2v) is 3.81. The Morgan fingerprint density at radius 2 is 2.30 bits per heavy atom. The lowest BCUT2D eigenvalue weighted by Crippen LogP contribution is -1.71. The molecule has 0 atom stereocenters. The Balaban J connectivity index is 4.11. The summed E-state index contributed by atoms with van der Waals surface area (Å²) in [5.41, 5.74) is 0. The van der Waals surface area contributed by atoms with Gasteiger partial charge in [-0.1, -0.05) is 28.6 Å². The molecule has 0 nitrogen and oxygen atoms in total. The predicted octanol–water partition coefficient (Wildman–Crippen LogP) is 3.74. The molecular weight excluding hydrogens is 310 g/mol.